The van der Waals surface area contributed by atoms with Gasteiger partial charge in [-0.25, -0.2) is 13.2 Å². The molecule has 0 saturated heterocycles. The molecule has 3 rings (SSSR count). The highest BCUT2D eigenvalue weighted by molar-refractivity contribution is 7.92. The van der Waals surface area contributed by atoms with Crippen LogP contribution in [-0.4, -0.2) is 26.0 Å². The first-order chi connectivity index (χ1) is 10.9. The van der Waals surface area contributed by atoms with E-state index in [2.05, 4.69) is 0 Å². The van der Waals surface area contributed by atoms with Crippen LogP contribution in [0.5, 0.6) is 0 Å². The van der Waals surface area contributed by atoms with Crippen LogP contribution in [-0.2, 0) is 16.4 Å². The van der Waals surface area contributed by atoms with E-state index in [0.717, 1.165) is 5.56 Å². The monoisotopic (exact) mass is 351 g/mol. The van der Waals surface area contributed by atoms with Crippen molar-refractivity contribution in [2.24, 2.45) is 0 Å². The third-order valence-corrected chi connectivity index (χ3v) is 5.88. The maximum atomic E-state index is 12.8. The van der Waals surface area contributed by atoms with Crippen LogP contribution in [0.25, 0.3) is 0 Å². The Bertz CT molecular complexity index is 862. The Morgan fingerprint density at radius 3 is 2.48 bits per heavy atom. The van der Waals surface area contributed by atoms with E-state index in [1.165, 1.54) is 34.6 Å². The summed E-state index contributed by atoms with van der Waals surface area (Å²) in [6.45, 7) is 0.365. The van der Waals surface area contributed by atoms with Gasteiger partial charge in [0.15, 0.2) is 0 Å². The smallest absolute Gasteiger partial charge is 0.335 e. The van der Waals surface area contributed by atoms with Crippen molar-refractivity contribution < 1.29 is 18.3 Å². The van der Waals surface area contributed by atoms with Gasteiger partial charge in [0.05, 0.1) is 16.1 Å². The van der Waals surface area contributed by atoms with Crippen LogP contribution in [0.4, 0.5) is 5.69 Å². The van der Waals surface area contributed by atoms with Crippen molar-refractivity contribution in [3.05, 3.63) is 58.6 Å². The maximum Gasteiger partial charge on any atom is 0.335 e. The van der Waals surface area contributed by atoms with E-state index in [4.69, 9.17) is 16.7 Å². The summed E-state index contributed by atoms with van der Waals surface area (Å²) >= 11 is 5.81. The van der Waals surface area contributed by atoms with Crippen molar-refractivity contribution in [3.8, 4) is 0 Å². The van der Waals surface area contributed by atoms with Gasteiger partial charge >= 0.3 is 5.97 Å². The molecule has 1 aliphatic rings. The molecule has 0 aromatic heterocycles. The SMILES string of the molecule is O=C(O)c1ccc2c(c1)CCCN2S(=O)(=O)c1ccc(Cl)cc1. The van der Waals surface area contributed by atoms with Gasteiger partial charge in [-0.2, -0.15) is 0 Å². The van der Waals surface area contributed by atoms with Gasteiger partial charge in [-0.1, -0.05) is 11.6 Å². The molecule has 7 heteroatoms. The number of aromatic carboxylic acids is 1. The zero-order chi connectivity index (χ0) is 16.6. The quantitative estimate of drug-likeness (QED) is 0.921. The number of hydrogen-bond acceptors (Lipinski definition) is 3. The van der Waals surface area contributed by atoms with Crippen molar-refractivity contribution in [2.75, 3.05) is 10.8 Å². The second kappa shape index (κ2) is 5.86. The lowest BCUT2D eigenvalue weighted by Gasteiger charge is -2.30. The third kappa shape index (κ3) is 2.92. The number of carboxylic acids is 1. The molecule has 0 atom stereocenters. The molecule has 2 aromatic rings. The van der Waals surface area contributed by atoms with E-state index in [1.54, 1.807) is 12.1 Å². The average molecular weight is 352 g/mol. The average Bonchev–Trinajstić information content (AvgIpc) is 2.54. The van der Waals surface area contributed by atoms with Gasteiger partial charge in [0.1, 0.15) is 0 Å². The molecule has 0 unspecified atom stereocenters. The highest BCUT2D eigenvalue weighted by Gasteiger charge is 2.29. The predicted octanol–water partition coefficient (Wildman–Crippen LogP) is 3.18. The molecule has 1 aliphatic heterocycles. The number of carbonyl (C=O) groups is 1. The molecule has 0 spiro atoms. The van der Waals surface area contributed by atoms with Gasteiger partial charge in [0, 0.05) is 11.6 Å². The van der Waals surface area contributed by atoms with Gasteiger partial charge in [0.2, 0.25) is 0 Å². The summed E-state index contributed by atoms with van der Waals surface area (Å²) in [4.78, 5) is 11.2. The van der Waals surface area contributed by atoms with Gasteiger partial charge in [0.25, 0.3) is 10.0 Å². The van der Waals surface area contributed by atoms with Crippen LogP contribution in [0, 0.1) is 0 Å². The molecule has 0 aliphatic carbocycles. The molecular weight excluding hydrogens is 338 g/mol. The summed E-state index contributed by atoms with van der Waals surface area (Å²) in [7, 11) is -3.70. The second-order valence-corrected chi connectivity index (χ2v) is 7.58. The van der Waals surface area contributed by atoms with E-state index in [1.807, 2.05) is 0 Å². The van der Waals surface area contributed by atoms with Gasteiger partial charge < -0.3 is 5.11 Å². The Morgan fingerprint density at radius 2 is 1.83 bits per heavy atom. The molecule has 0 amide bonds. The Balaban J connectivity index is 2.06. The number of aryl methyl sites for hydroxylation is 1. The number of halogens is 1. The minimum Gasteiger partial charge on any atom is -0.478 e. The van der Waals surface area contributed by atoms with Crippen molar-refractivity contribution in [2.45, 2.75) is 17.7 Å². The van der Waals surface area contributed by atoms with Crippen molar-refractivity contribution in [1.82, 2.24) is 0 Å². The topological polar surface area (TPSA) is 74.7 Å². The highest BCUT2D eigenvalue weighted by atomic mass is 35.5. The fourth-order valence-corrected chi connectivity index (χ4v) is 4.35. The van der Waals surface area contributed by atoms with Crippen LogP contribution in [0.3, 0.4) is 0 Å². The van der Waals surface area contributed by atoms with E-state index in [9.17, 15) is 13.2 Å². The van der Waals surface area contributed by atoms with Crippen molar-refractivity contribution >= 4 is 33.3 Å². The normalized spacial score (nSPS) is 14.4. The number of benzene rings is 2. The fraction of sp³-hybridized carbons (Fsp3) is 0.188. The number of anilines is 1. The molecule has 120 valence electrons. The molecule has 0 saturated carbocycles. The summed E-state index contributed by atoms with van der Waals surface area (Å²) in [5, 5.41) is 9.54. The number of rotatable bonds is 3. The van der Waals surface area contributed by atoms with E-state index >= 15 is 0 Å². The van der Waals surface area contributed by atoms with Crippen LogP contribution >= 0.6 is 11.6 Å². The molecule has 1 heterocycles. The number of carboxylic acid groups (broad SMARTS) is 1. The van der Waals surface area contributed by atoms with Crippen LogP contribution in [0.2, 0.25) is 5.02 Å². The lowest BCUT2D eigenvalue weighted by Crippen LogP contribution is -2.35. The summed E-state index contributed by atoms with van der Waals surface area (Å²) < 4.78 is 27.0. The molecule has 5 nitrogen and oxygen atoms in total. The summed E-state index contributed by atoms with van der Waals surface area (Å²) in [5.41, 5.74) is 1.43. The number of fused-ring (bicyclic) bond motifs is 1. The highest BCUT2D eigenvalue weighted by Crippen LogP contribution is 2.33. The summed E-state index contributed by atoms with van der Waals surface area (Å²) in [6, 6.07) is 10.5. The lowest BCUT2D eigenvalue weighted by molar-refractivity contribution is 0.0696. The number of hydrogen-bond donors (Lipinski definition) is 1. The second-order valence-electron chi connectivity index (χ2n) is 5.28. The Hall–Kier alpha value is -2.05. The standard InChI is InChI=1S/C16H14ClNO4S/c17-13-4-6-14(7-5-13)23(21,22)18-9-1-2-11-10-12(16(19)20)3-8-15(11)18/h3-8,10H,1-2,9H2,(H,19,20). The van der Waals surface area contributed by atoms with Crippen molar-refractivity contribution in [3.63, 3.8) is 0 Å². The number of sulfonamides is 1. The Kier molecular flexibility index (Phi) is 4.04. The lowest BCUT2D eigenvalue weighted by atomic mass is 10.0. The molecule has 0 fully saturated rings. The fourth-order valence-electron chi connectivity index (χ4n) is 2.68. The molecule has 0 bridgehead atoms. The summed E-state index contributed by atoms with van der Waals surface area (Å²) in [5.74, 6) is -1.02. The van der Waals surface area contributed by atoms with Gasteiger partial charge in [-0.15, -0.1) is 0 Å². The van der Waals surface area contributed by atoms with Crippen LogP contribution < -0.4 is 4.31 Å². The minimum atomic E-state index is -3.70. The van der Waals surface area contributed by atoms with Crippen LogP contribution in [0.1, 0.15) is 22.3 Å². The molecule has 23 heavy (non-hydrogen) atoms. The first-order valence-electron chi connectivity index (χ1n) is 7.04. The number of nitrogens with zero attached hydrogens (tertiary/aromatic N) is 1. The summed E-state index contributed by atoms with van der Waals surface area (Å²) in [6.07, 6.45) is 1.30. The molecule has 0 radical (unpaired) electrons. The van der Waals surface area contributed by atoms with Gasteiger partial charge in [-0.05, 0) is 60.9 Å². The zero-order valence-corrected chi connectivity index (χ0v) is 13.6. The molecule has 2 aromatic carbocycles. The van der Waals surface area contributed by atoms with Gasteiger partial charge in [-0.3, -0.25) is 4.31 Å². The van der Waals surface area contributed by atoms with Crippen molar-refractivity contribution in [1.29, 1.82) is 0 Å². The first kappa shape index (κ1) is 15.8. The van der Waals surface area contributed by atoms with E-state index in [0.29, 0.717) is 30.1 Å². The molecule has 1 N–H and O–H groups in total. The molecular formula is C16H14ClNO4S. The maximum absolute atomic E-state index is 12.8. The predicted molar refractivity (Wildman–Crippen MR) is 87.7 cm³/mol. The van der Waals surface area contributed by atoms with E-state index in [-0.39, 0.29) is 10.5 Å². The Labute approximate surface area is 139 Å². The largest absolute Gasteiger partial charge is 0.478 e. The first-order valence-corrected chi connectivity index (χ1v) is 8.86. The Morgan fingerprint density at radius 1 is 1.13 bits per heavy atom. The minimum absolute atomic E-state index is 0.162. The van der Waals surface area contributed by atoms with Crippen LogP contribution in [0.15, 0.2) is 47.4 Å². The van der Waals surface area contributed by atoms with E-state index < -0.39 is 16.0 Å². The third-order valence-electron chi connectivity index (χ3n) is 3.80. The zero-order valence-electron chi connectivity index (χ0n) is 12.1.